The number of hydrogen-bond acceptors (Lipinski definition) is 6. The Bertz CT molecular complexity index is 772. The van der Waals surface area contributed by atoms with Crippen LogP contribution in [-0.2, 0) is 14.3 Å². The number of nitrogens with one attached hydrogen (secondary N) is 2. The van der Waals surface area contributed by atoms with E-state index in [4.69, 9.17) is 4.74 Å². The van der Waals surface area contributed by atoms with Gasteiger partial charge in [-0.1, -0.05) is 12.1 Å². The molecule has 3 atom stereocenters. The quantitative estimate of drug-likeness (QED) is 0.666. The van der Waals surface area contributed by atoms with Gasteiger partial charge in [-0.2, -0.15) is 0 Å². The SMILES string of the molecule is CC(C)(C)OC(=O)N1CC[C@@H](c2ccc(NC3CCC(=O)NC3=O)cc2)[C@@H](O)C1. The molecule has 1 aromatic rings. The van der Waals surface area contributed by atoms with Crippen LogP contribution in [0.25, 0.3) is 0 Å². The second-order valence-electron chi connectivity index (χ2n) is 8.66. The molecule has 8 nitrogen and oxygen atoms in total. The molecule has 0 aromatic heterocycles. The largest absolute Gasteiger partial charge is 0.444 e. The van der Waals surface area contributed by atoms with Gasteiger partial charge in [-0.3, -0.25) is 14.9 Å². The van der Waals surface area contributed by atoms with Crippen molar-refractivity contribution in [1.29, 1.82) is 0 Å². The van der Waals surface area contributed by atoms with Gasteiger partial charge in [0.2, 0.25) is 11.8 Å². The summed E-state index contributed by atoms with van der Waals surface area (Å²) in [6, 6.07) is 7.15. The first-order valence-electron chi connectivity index (χ1n) is 9.98. The van der Waals surface area contributed by atoms with Gasteiger partial charge < -0.3 is 20.1 Å². The molecular weight excluding hydrogens is 374 g/mol. The standard InChI is InChI=1S/C21H29N3O5/c1-21(2,3)29-20(28)24-11-10-15(17(25)12-24)13-4-6-14(7-5-13)22-16-8-9-18(26)23-19(16)27/h4-7,15-17,22,25H,8-12H2,1-3H3,(H,23,26,27)/t15-,16?,17-/m0/s1. The number of likely N-dealkylation sites (tertiary alicyclic amines) is 1. The van der Waals surface area contributed by atoms with Crippen molar-refractivity contribution in [2.24, 2.45) is 0 Å². The fourth-order valence-electron chi connectivity index (χ4n) is 3.67. The second kappa shape index (κ2) is 8.41. The molecule has 2 saturated heterocycles. The first-order chi connectivity index (χ1) is 13.6. The van der Waals surface area contributed by atoms with Crippen LogP contribution in [0.3, 0.4) is 0 Å². The van der Waals surface area contributed by atoms with Crippen LogP contribution < -0.4 is 10.6 Å². The van der Waals surface area contributed by atoms with Crippen molar-refractivity contribution in [3.8, 4) is 0 Å². The highest BCUT2D eigenvalue weighted by Gasteiger charge is 2.33. The Labute approximate surface area is 170 Å². The van der Waals surface area contributed by atoms with Crippen LogP contribution in [-0.4, -0.2) is 58.8 Å². The Hall–Kier alpha value is -2.61. The average molecular weight is 403 g/mol. The maximum Gasteiger partial charge on any atom is 0.410 e. The second-order valence-corrected chi connectivity index (χ2v) is 8.66. The van der Waals surface area contributed by atoms with Gasteiger partial charge in [0.15, 0.2) is 0 Å². The Balaban J connectivity index is 1.57. The van der Waals surface area contributed by atoms with Gasteiger partial charge in [0, 0.05) is 24.6 Å². The molecule has 2 aliphatic heterocycles. The third-order valence-electron chi connectivity index (χ3n) is 5.15. The minimum atomic E-state index is -0.676. The van der Waals surface area contributed by atoms with E-state index in [1.54, 1.807) is 4.90 Å². The van der Waals surface area contributed by atoms with Gasteiger partial charge >= 0.3 is 6.09 Å². The van der Waals surface area contributed by atoms with Crippen molar-refractivity contribution in [3.05, 3.63) is 29.8 Å². The van der Waals surface area contributed by atoms with Crippen molar-refractivity contribution in [1.82, 2.24) is 10.2 Å². The van der Waals surface area contributed by atoms with E-state index in [9.17, 15) is 19.5 Å². The topological polar surface area (TPSA) is 108 Å². The number of carbonyl (C=O) groups is 3. The normalized spacial score (nSPS) is 25.4. The fraction of sp³-hybridized carbons (Fsp3) is 0.571. The molecule has 0 aliphatic carbocycles. The maximum atomic E-state index is 12.2. The van der Waals surface area contributed by atoms with Crippen molar-refractivity contribution >= 4 is 23.6 Å². The number of rotatable bonds is 3. The predicted octanol–water partition coefficient (Wildman–Crippen LogP) is 1.99. The molecule has 0 radical (unpaired) electrons. The highest BCUT2D eigenvalue weighted by Crippen LogP contribution is 2.30. The number of nitrogens with zero attached hydrogens (tertiary/aromatic N) is 1. The number of hydrogen-bond donors (Lipinski definition) is 3. The van der Waals surface area contributed by atoms with Gasteiger partial charge in [0.25, 0.3) is 0 Å². The molecule has 3 N–H and O–H groups in total. The van der Waals surface area contributed by atoms with E-state index in [1.807, 2.05) is 45.0 Å². The molecule has 0 saturated carbocycles. The van der Waals surface area contributed by atoms with E-state index in [0.717, 1.165) is 11.3 Å². The number of anilines is 1. The molecule has 2 heterocycles. The molecule has 1 aromatic carbocycles. The highest BCUT2D eigenvalue weighted by atomic mass is 16.6. The molecule has 158 valence electrons. The fourth-order valence-corrected chi connectivity index (χ4v) is 3.67. The van der Waals surface area contributed by atoms with Crippen molar-refractivity contribution in [2.45, 2.75) is 63.7 Å². The van der Waals surface area contributed by atoms with E-state index < -0.39 is 23.8 Å². The Kier molecular flexibility index (Phi) is 6.12. The summed E-state index contributed by atoms with van der Waals surface area (Å²) in [5.41, 5.74) is 1.20. The summed E-state index contributed by atoms with van der Waals surface area (Å²) in [5.74, 6) is -0.622. The third kappa shape index (κ3) is 5.47. The van der Waals surface area contributed by atoms with E-state index in [1.165, 1.54) is 0 Å². The monoisotopic (exact) mass is 403 g/mol. The van der Waals surface area contributed by atoms with Crippen LogP contribution in [0, 0.1) is 0 Å². The lowest BCUT2D eigenvalue weighted by atomic mass is 9.87. The van der Waals surface area contributed by atoms with Gasteiger partial charge in [0.1, 0.15) is 11.6 Å². The number of aliphatic hydroxyl groups excluding tert-OH is 1. The van der Waals surface area contributed by atoms with Crippen LogP contribution in [0.4, 0.5) is 10.5 Å². The minimum absolute atomic E-state index is 0.0710. The van der Waals surface area contributed by atoms with Crippen LogP contribution >= 0.6 is 0 Å². The summed E-state index contributed by atoms with van der Waals surface area (Å²) in [6.45, 7) is 6.21. The lowest BCUT2D eigenvalue weighted by molar-refractivity contribution is -0.133. The molecule has 8 heteroatoms. The minimum Gasteiger partial charge on any atom is -0.444 e. The zero-order valence-corrected chi connectivity index (χ0v) is 17.1. The molecule has 2 aliphatic rings. The van der Waals surface area contributed by atoms with E-state index in [-0.39, 0.29) is 24.3 Å². The predicted molar refractivity (Wildman–Crippen MR) is 107 cm³/mol. The summed E-state index contributed by atoms with van der Waals surface area (Å²) in [4.78, 5) is 36.9. The zero-order valence-electron chi connectivity index (χ0n) is 17.1. The van der Waals surface area contributed by atoms with Gasteiger partial charge in [-0.05, 0) is 51.3 Å². The summed E-state index contributed by atoms with van der Waals surface area (Å²) in [7, 11) is 0. The molecule has 3 amide bonds. The van der Waals surface area contributed by atoms with Crippen molar-refractivity contribution < 1.29 is 24.2 Å². The third-order valence-corrected chi connectivity index (χ3v) is 5.15. The van der Waals surface area contributed by atoms with Crippen LogP contribution in [0.2, 0.25) is 0 Å². The summed E-state index contributed by atoms with van der Waals surface area (Å²) >= 11 is 0. The first kappa shape index (κ1) is 21.1. The Morgan fingerprint density at radius 3 is 2.48 bits per heavy atom. The summed E-state index contributed by atoms with van der Waals surface area (Å²) < 4.78 is 5.38. The molecule has 29 heavy (non-hydrogen) atoms. The number of amides is 3. The van der Waals surface area contributed by atoms with E-state index in [0.29, 0.717) is 25.8 Å². The van der Waals surface area contributed by atoms with Crippen LogP contribution in [0.15, 0.2) is 24.3 Å². The van der Waals surface area contributed by atoms with Gasteiger partial charge in [-0.15, -0.1) is 0 Å². The highest BCUT2D eigenvalue weighted by molar-refractivity contribution is 6.01. The number of ether oxygens (including phenoxy) is 1. The number of imide groups is 1. The number of β-amino-alcohol motifs (C(OH)–C–C–N with tert-alkyl or cyclic N) is 1. The number of benzene rings is 1. The number of aliphatic hydroxyl groups is 1. The molecular formula is C21H29N3O5. The number of carbonyl (C=O) groups excluding carboxylic acids is 3. The smallest absolute Gasteiger partial charge is 0.410 e. The lowest BCUT2D eigenvalue weighted by Gasteiger charge is -2.37. The number of piperidine rings is 2. The summed E-state index contributed by atoms with van der Waals surface area (Å²) in [6.07, 6.45) is 0.349. The van der Waals surface area contributed by atoms with Crippen molar-refractivity contribution in [3.63, 3.8) is 0 Å². The van der Waals surface area contributed by atoms with E-state index in [2.05, 4.69) is 10.6 Å². The molecule has 3 rings (SSSR count). The molecule has 2 fully saturated rings. The zero-order chi connectivity index (χ0) is 21.2. The van der Waals surface area contributed by atoms with E-state index >= 15 is 0 Å². The molecule has 1 unspecified atom stereocenters. The first-order valence-corrected chi connectivity index (χ1v) is 9.98. The van der Waals surface area contributed by atoms with Crippen molar-refractivity contribution in [2.75, 3.05) is 18.4 Å². The summed E-state index contributed by atoms with van der Waals surface area (Å²) in [5, 5.41) is 16.0. The maximum absolute atomic E-state index is 12.2. The molecule has 0 spiro atoms. The van der Waals surface area contributed by atoms with Gasteiger partial charge in [0.05, 0.1) is 12.6 Å². The van der Waals surface area contributed by atoms with Crippen LogP contribution in [0.5, 0.6) is 0 Å². The Morgan fingerprint density at radius 1 is 1.21 bits per heavy atom. The Morgan fingerprint density at radius 2 is 1.90 bits per heavy atom. The van der Waals surface area contributed by atoms with Gasteiger partial charge in [-0.25, -0.2) is 4.79 Å². The molecule has 0 bridgehead atoms. The van der Waals surface area contributed by atoms with Crippen LogP contribution in [0.1, 0.15) is 51.5 Å². The average Bonchev–Trinajstić information content (AvgIpc) is 2.63. The lowest BCUT2D eigenvalue weighted by Crippen LogP contribution is -2.47.